The van der Waals surface area contributed by atoms with E-state index in [2.05, 4.69) is 20.9 Å². The van der Waals surface area contributed by atoms with Crippen LogP contribution in [0.15, 0.2) is 61.0 Å². The second-order valence-corrected chi connectivity index (χ2v) is 17.1. The topological polar surface area (TPSA) is 286 Å². The molecule has 0 unspecified atom stereocenters. The van der Waals surface area contributed by atoms with Crippen LogP contribution in [0.1, 0.15) is 57.4 Å². The highest BCUT2D eigenvalue weighted by Crippen LogP contribution is 2.37. The number of amides is 2. The van der Waals surface area contributed by atoms with Crippen molar-refractivity contribution in [2.45, 2.75) is 128 Å². The number of nitrogens with one attached hydrogen (secondary N) is 2. The minimum Gasteiger partial charge on any atom is -0.462 e. The molecule has 21 nitrogen and oxygen atoms in total. The SMILES string of the molecule is CO[C@@H]1[C@@H](O)[C@@H](O)[C@H](Oc2ccc3cc(NC(=O)CCc4cn(CCC(=O)Nc5cc6ccc(O[C@@H]7OC(C)(C)[C@H](OC)[C@@H](O)[C@H]7O)c(C)c6oc5=O)nn4)c(=O)oc3c2C)OC1(C)C. The lowest BCUT2D eigenvalue weighted by Gasteiger charge is -2.46. The molecule has 65 heavy (non-hydrogen) atoms. The number of hydrogen-bond acceptors (Lipinski definition) is 18. The third-order valence-corrected chi connectivity index (χ3v) is 11.6. The maximum absolute atomic E-state index is 13.0. The van der Waals surface area contributed by atoms with Gasteiger partial charge in [-0.3, -0.25) is 14.3 Å². The number of aliphatic hydroxyl groups is 4. The second-order valence-electron chi connectivity index (χ2n) is 17.1. The van der Waals surface area contributed by atoms with Crippen LogP contribution in [0.25, 0.3) is 21.9 Å². The smallest absolute Gasteiger partial charge is 0.360 e. The molecule has 2 aliphatic heterocycles. The van der Waals surface area contributed by atoms with Gasteiger partial charge in [0.25, 0.3) is 0 Å². The number of benzene rings is 2. The van der Waals surface area contributed by atoms with Gasteiger partial charge in [0.05, 0.1) is 23.4 Å². The molecule has 8 atom stereocenters. The van der Waals surface area contributed by atoms with Crippen LogP contribution in [-0.2, 0) is 41.5 Å². The van der Waals surface area contributed by atoms with Crippen molar-refractivity contribution in [1.82, 2.24) is 15.0 Å². The number of carbonyl (C=O) groups excluding carboxylic acids is 2. The lowest BCUT2D eigenvalue weighted by Crippen LogP contribution is -2.63. The molecule has 5 heterocycles. The Morgan fingerprint density at radius 2 is 1.15 bits per heavy atom. The van der Waals surface area contributed by atoms with Crippen molar-refractivity contribution in [2.75, 3.05) is 24.9 Å². The Morgan fingerprint density at radius 1 is 0.708 bits per heavy atom. The first-order valence-electron chi connectivity index (χ1n) is 20.8. The van der Waals surface area contributed by atoms with Gasteiger partial charge in [0.1, 0.15) is 70.7 Å². The van der Waals surface area contributed by atoms with Crippen molar-refractivity contribution in [3.63, 3.8) is 0 Å². The Morgan fingerprint density at radius 3 is 1.60 bits per heavy atom. The molecule has 7 rings (SSSR count). The second kappa shape index (κ2) is 18.6. The highest BCUT2D eigenvalue weighted by atomic mass is 16.7. The molecule has 0 radical (unpaired) electrons. The Hall–Kier alpha value is -5.78. The highest BCUT2D eigenvalue weighted by Gasteiger charge is 2.52. The van der Waals surface area contributed by atoms with Crippen molar-refractivity contribution in [3.05, 3.63) is 80.3 Å². The maximum atomic E-state index is 13.0. The van der Waals surface area contributed by atoms with Crippen LogP contribution in [0.3, 0.4) is 0 Å². The maximum Gasteiger partial charge on any atom is 0.360 e. The Kier molecular flexibility index (Phi) is 13.5. The van der Waals surface area contributed by atoms with Crippen LogP contribution < -0.4 is 31.4 Å². The summed E-state index contributed by atoms with van der Waals surface area (Å²) >= 11 is 0. The zero-order valence-corrected chi connectivity index (χ0v) is 37.0. The van der Waals surface area contributed by atoms with E-state index in [1.807, 2.05) is 0 Å². The number of carbonyl (C=O) groups is 2. The zero-order chi connectivity index (χ0) is 47.1. The van der Waals surface area contributed by atoms with Gasteiger partial charge in [-0.1, -0.05) is 5.21 Å². The fourth-order valence-electron chi connectivity index (χ4n) is 8.15. The van der Waals surface area contributed by atoms with Crippen LogP contribution in [0.2, 0.25) is 0 Å². The number of aliphatic hydroxyl groups excluding tert-OH is 4. The molecule has 0 spiro atoms. The van der Waals surface area contributed by atoms with E-state index in [-0.39, 0.29) is 59.8 Å². The summed E-state index contributed by atoms with van der Waals surface area (Å²) in [6, 6.07) is 9.35. The summed E-state index contributed by atoms with van der Waals surface area (Å²) in [6.07, 6.45) is -7.95. The first-order chi connectivity index (χ1) is 30.7. The van der Waals surface area contributed by atoms with E-state index >= 15 is 0 Å². The minimum atomic E-state index is -1.43. The van der Waals surface area contributed by atoms with Crippen molar-refractivity contribution in [3.8, 4) is 11.5 Å². The van der Waals surface area contributed by atoms with Gasteiger partial charge in [-0.15, -0.1) is 5.10 Å². The van der Waals surface area contributed by atoms with Gasteiger partial charge < -0.3 is 68.3 Å². The molecule has 6 N–H and O–H groups in total. The van der Waals surface area contributed by atoms with E-state index in [1.165, 1.54) is 31.0 Å². The van der Waals surface area contributed by atoms with Gasteiger partial charge >= 0.3 is 11.3 Å². The molecule has 2 aliphatic rings. The predicted molar refractivity (Wildman–Crippen MR) is 229 cm³/mol. The molecule has 0 saturated carbocycles. The number of aryl methyl sites for hydroxylation is 4. The van der Waals surface area contributed by atoms with Crippen LogP contribution >= 0.6 is 0 Å². The van der Waals surface area contributed by atoms with Gasteiger partial charge in [-0.2, -0.15) is 0 Å². The number of aromatic nitrogens is 3. The molecule has 0 aliphatic carbocycles. The molecule has 3 aromatic heterocycles. The summed E-state index contributed by atoms with van der Waals surface area (Å²) in [4.78, 5) is 51.7. The lowest BCUT2D eigenvalue weighted by atomic mass is 9.89. The van der Waals surface area contributed by atoms with Crippen LogP contribution in [0.4, 0.5) is 11.4 Å². The highest BCUT2D eigenvalue weighted by molar-refractivity contribution is 5.94. The van der Waals surface area contributed by atoms with Crippen molar-refractivity contribution < 1.29 is 67.3 Å². The van der Waals surface area contributed by atoms with Gasteiger partial charge in [0.15, 0.2) is 0 Å². The number of rotatable bonds is 14. The van der Waals surface area contributed by atoms with Gasteiger partial charge in [0.2, 0.25) is 24.4 Å². The standard InChI is InChI=1S/C44H53N5O16/c1-20-27(60-41-33(54)31(52)37(58-7)43(3,4)64-41)12-9-22-17-25(39(56)62-35(20)22)45-29(50)14-11-24-19-49(48-47-24)16-15-30(51)46-26-18-23-10-13-28(21(2)36(23)63-40(26)57)61-42-34(55)32(53)38(59-8)44(5,6)65-42/h9-10,12-13,17-19,31-34,37-38,41-42,52-55H,11,14-16H2,1-8H3,(H,45,50)(H,46,51)/t31-,32-,33+,34+,37+,38+,41+,42+/m0/s1. The van der Waals surface area contributed by atoms with E-state index in [0.717, 1.165) is 0 Å². The fraction of sp³-hybridized carbons (Fsp3) is 0.500. The zero-order valence-electron chi connectivity index (χ0n) is 37.0. The van der Waals surface area contributed by atoms with E-state index in [9.17, 15) is 39.6 Å². The Balaban J connectivity index is 0.904. The van der Waals surface area contributed by atoms with Crippen molar-refractivity contribution in [2.24, 2.45) is 0 Å². The Bertz CT molecular complexity index is 2510. The third kappa shape index (κ3) is 9.77. The molecule has 2 saturated heterocycles. The molecule has 2 fully saturated rings. The molecular weight excluding hydrogens is 855 g/mol. The average Bonchev–Trinajstić information content (AvgIpc) is 3.71. The molecule has 0 bridgehead atoms. The summed E-state index contributed by atoms with van der Waals surface area (Å²) < 4.78 is 46.9. The normalized spacial score (nSPS) is 25.0. The quantitative estimate of drug-likeness (QED) is 0.0871. The molecule has 2 amide bonds. The molecule has 350 valence electrons. The molecule has 5 aromatic rings. The summed E-state index contributed by atoms with van der Waals surface area (Å²) in [6.45, 7) is 10.2. The van der Waals surface area contributed by atoms with E-state index in [4.69, 9.17) is 37.3 Å². The van der Waals surface area contributed by atoms with Crippen molar-refractivity contribution in [1.29, 1.82) is 0 Å². The van der Waals surface area contributed by atoms with Crippen LogP contribution in [-0.4, -0.2) is 122 Å². The predicted octanol–water partition coefficient (Wildman–Crippen LogP) is 2.21. The average molecular weight is 908 g/mol. The van der Waals surface area contributed by atoms with Gasteiger partial charge in [-0.25, -0.2) is 9.59 Å². The van der Waals surface area contributed by atoms with Crippen LogP contribution in [0, 0.1) is 13.8 Å². The molecule has 21 heteroatoms. The Labute approximate surface area is 371 Å². The first kappa shape index (κ1) is 47.2. The number of ether oxygens (including phenoxy) is 6. The van der Waals surface area contributed by atoms with Gasteiger partial charge in [-0.05, 0) is 77.9 Å². The van der Waals surface area contributed by atoms with E-state index in [0.29, 0.717) is 27.6 Å². The summed E-state index contributed by atoms with van der Waals surface area (Å²) in [5.41, 5.74) is -2.10. The van der Waals surface area contributed by atoms with E-state index < -0.39 is 83.5 Å². The fourth-order valence-corrected chi connectivity index (χ4v) is 8.15. The monoisotopic (exact) mass is 907 g/mol. The van der Waals surface area contributed by atoms with E-state index in [1.54, 1.807) is 72.0 Å². The first-order valence-corrected chi connectivity index (χ1v) is 20.8. The largest absolute Gasteiger partial charge is 0.462 e. The summed E-state index contributed by atoms with van der Waals surface area (Å²) in [7, 11) is 2.81. The number of fused-ring (bicyclic) bond motifs is 2. The number of nitrogens with zero attached hydrogens (tertiary/aromatic N) is 3. The number of hydrogen-bond donors (Lipinski definition) is 6. The molecular formula is C44H53N5O16. The van der Waals surface area contributed by atoms with Gasteiger partial charge in [0, 0.05) is 61.6 Å². The summed E-state index contributed by atoms with van der Waals surface area (Å²) in [5.74, 6) is -0.506. The lowest BCUT2D eigenvalue weighted by molar-refractivity contribution is -0.306. The third-order valence-electron chi connectivity index (χ3n) is 11.6. The summed E-state index contributed by atoms with van der Waals surface area (Å²) in [5, 5.41) is 56.7. The number of methoxy groups -OCH3 is 2. The molecule has 2 aromatic carbocycles. The van der Waals surface area contributed by atoms with Crippen LogP contribution in [0.5, 0.6) is 11.5 Å². The minimum absolute atomic E-state index is 0.0600. The number of anilines is 2. The van der Waals surface area contributed by atoms with Crippen molar-refractivity contribution >= 4 is 45.1 Å².